The Morgan fingerprint density at radius 3 is 2.80 bits per heavy atom. The third kappa shape index (κ3) is 3.01. The molecule has 0 aliphatic carbocycles. The van der Waals surface area contributed by atoms with E-state index in [-0.39, 0.29) is 11.3 Å². The van der Waals surface area contributed by atoms with Crippen molar-refractivity contribution in [1.29, 1.82) is 5.26 Å². The van der Waals surface area contributed by atoms with Crippen molar-refractivity contribution < 1.29 is 14.6 Å². The summed E-state index contributed by atoms with van der Waals surface area (Å²) in [4.78, 5) is 0. The van der Waals surface area contributed by atoms with Crippen molar-refractivity contribution in [3.05, 3.63) is 22.7 Å². The van der Waals surface area contributed by atoms with Crippen LogP contribution in [-0.4, -0.2) is 25.4 Å². The van der Waals surface area contributed by atoms with E-state index in [1.54, 1.807) is 7.11 Å². The first-order chi connectivity index (χ1) is 7.19. The van der Waals surface area contributed by atoms with E-state index in [1.807, 2.05) is 6.07 Å². The van der Waals surface area contributed by atoms with Gasteiger partial charge in [-0.1, -0.05) is 11.6 Å². The molecule has 0 saturated carbocycles. The highest BCUT2D eigenvalue weighted by molar-refractivity contribution is 6.32. The number of phenols is 1. The van der Waals surface area contributed by atoms with Crippen molar-refractivity contribution in [3.8, 4) is 17.6 Å². The highest BCUT2D eigenvalue weighted by Crippen LogP contribution is 2.31. The maximum absolute atomic E-state index is 9.38. The zero-order valence-corrected chi connectivity index (χ0v) is 8.91. The van der Waals surface area contributed by atoms with Crippen molar-refractivity contribution in [3.63, 3.8) is 0 Å². The van der Waals surface area contributed by atoms with Gasteiger partial charge in [-0.05, 0) is 6.07 Å². The van der Waals surface area contributed by atoms with E-state index in [2.05, 4.69) is 0 Å². The van der Waals surface area contributed by atoms with Crippen LogP contribution in [0.3, 0.4) is 0 Å². The fourth-order valence-corrected chi connectivity index (χ4v) is 1.20. The number of phenolic OH excluding ortho intramolecular Hbond substituents is 1. The van der Waals surface area contributed by atoms with Crippen molar-refractivity contribution in [2.24, 2.45) is 0 Å². The number of benzene rings is 1. The summed E-state index contributed by atoms with van der Waals surface area (Å²) in [5.41, 5.74) is 0.124. The Labute approximate surface area is 92.6 Å². The second-order valence-corrected chi connectivity index (χ2v) is 3.16. The molecule has 0 aromatic heterocycles. The predicted octanol–water partition coefficient (Wildman–Crippen LogP) is 1.94. The maximum Gasteiger partial charge on any atom is 0.141 e. The molecule has 1 N–H and O–H groups in total. The van der Waals surface area contributed by atoms with Crippen LogP contribution in [0.1, 0.15) is 5.56 Å². The number of nitriles is 1. The van der Waals surface area contributed by atoms with Gasteiger partial charge in [0.15, 0.2) is 0 Å². The van der Waals surface area contributed by atoms with Gasteiger partial charge in [-0.2, -0.15) is 5.26 Å². The minimum absolute atomic E-state index is 0.124. The molecule has 0 bridgehead atoms. The standard InChI is InChI=1S/C10H10ClNO3/c1-14-2-3-15-10-5-9(13)7(6-12)4-8(10)11/h4-5,13H,2-3H2,1H3. The molecule has 1 aromatic carbocycles. The Hall–Kier alpha value is -1.44. The molecule has 0 amide bonds. The van der Waals surface area contributed by atoms with Gasteiger partial charge in [0.2, 0.25) is 0 Å². The number of hydrogen-bond acceptors (Lipinski definition) is 4. The summed E-state index contributed by atoms with van der Waals surface area (Å²) in [5.74, 6) is 0.194. The van der Waals surface area contributed by atoms with E-state index in [9.17, 15) is 5.11 Å². The Balaban J connectivity index is 2.82. The molecule has 5 heteroatoms. The lowest BCUT2D eigenvalue weighted by molar-refractivity contribution is 0.146. The topological polar surface area (TPSA) is 62.5 Å². The Morgan fingerprint density at radius 2 is 2.20 bits per heavy atom. The number of methoxy groups -OCH3 is 1. The molecule has 0 radical (unpaired) electrons. The maximum atomic E-state index is 9.38. The van der Waals surface area contributed by atoms with Gasteiger partial charge < -0.3 is 14.6 Å². The van der Waals surface area contributed by atoms with Crippen LogP contribution >= 0.6 is 11.6 Å². The lowest BCUT2D eigenvalue weighted by Crippen LogP contribution is -2.04. The number of aromatic hydroxyl groups is 1. The molecule has 0 saturated heterocycles. The lowest BCUT2D eigenvalue weighted by Gasteiger charge is -2.08. The van der Waals surface area contributed by atoms with Gasteiger partial charge in [0.05, 0.1) is 17.2 Å². The third-order valence-electron chi connectivity index (χ3n) is 1.72. The highest BCUT2D eigenvalue weighted by Gasteiger charge is 2.08. The van der Waals surface area contributed by atoms with Crippen LogP contribution in [0.5, 0.6) is 11.5 Å². The molecular weight excluding hydrogens is 218 g/mol. The van der Waals surface area contributed by atoms with E-state index < -0.39 is 0 Å². The normalized spacial score (nSPS) is 9.67. The summed E-state index contributed by atoms with van der Waals surface area (Å²) < 4.78 is 10.0. The second kappa shape index (κ2) is 5.44. The summed E-state index contributed by atoms with van der Waals surface area (Å²) in [5, 5.41) is 18.3. The van der Waals surface area contributed by atoms with Gasteiger partial charge in [-0.25, -0.2) is 0 Å². The fraction of sp³-hybridized carbons (Fsp3) is 0.300. The molecule has 15 heavy (non-hydrogen) atoms. The van der Waals surface area contributed by atoms with Crippen LogP contribution in [0.4, 0.5) is 0 Å². The van der Waals surface area contributed by atoms with E-state index in [1.165, 1.54) is 12.1 Å². The summed E-state index contributed by atoms with van der Waals surface area (Å²) in [6, 6.07) is 4.49. The number of hydrogen-bond donors (Lipinski definition) is 1. The van der Waals surface area contributed by atoms with Gasteiger partial charge >= 0.3 is 0 Å². The zero-order valence-electron chi connectivity index (χ0n) is 8.16. The molecule has 0 unspecified atom stereocenters. The van der Waals surface area contributed by atoms with Crippen molar-refractivity contribution in [1.82, 2.24) is 0 Å². The SMILES string of the molecule is COCCOc1cc(O)c(C#N)cc1Cl. The minimum Gasteiger partial charge on any atom is -0.506 e. The molecular formula is C10H10ClNO3. The van der Waals surface area contributed by atoms with Gasteiger partial charge in [-0.3, -0.25) is 0 Å². The van der Waals surface area contributed by atoms with Crippen LogP contribution in [0.15, 0.2) is 12.1 Å². The van der Waals surface area contributed by atoms with Gasteiger partial charge in [-0.15, -0.1) is 0 Å². The van der Waals surface area contributed by atoms with Crippen LogP contribution < -0.4 is 4.74 Å². The highest BCUT2D eigenvalue weighted by atomic mass is 35.5. The van der Waals surface area contributed by atoms with E-state index in [4.69, 9.17) is 26.3 Å². The molecule has 0 atom stereocenters. The van der Waals surface area contributed by atoms with Gasteiger partial charge in [0.25, 0.3) is 0 Å². The Kier molecular flexibility index (Phi) is 4.22. The molecule has 80 valence electrons. The zero-order chi connectivity index (χ0) is 11.3. The van der Waals surface area contributed by atoms with Crippen LogP contribution in [-0.2, 0) is 4.74 Å². The molecule has 1 rings (SSSR count). The summed E-state index contributed by atoms with van der Waals surface area (Å²) in [7, 11) is 1.56. The Bertz CT molecular complexity index is 387. The molecule has 4 nitrogen and oxygen atoms in total. The quantitative estimate of drug-likeness (QED) is 0.799. The smallest absolute Gasteiger partial charge is 0.141 e. The van der Waals surface area contributed by atoms with Crippen molar-refractivity contribution in [2.45, 2.75) is 0 Å². The molecule has 0 fully saturated rings. The first-order valence-electron chi connectivity index (χ1n) is 4.23. The van der Waals surface area contributed by atoms with Crippen LogP contribution in [0.2, 0.25) is 5.02 Å². The number of ether oxygens (including phenoxy) is 2. The largest absolute Gasteiger partial charge is 0.506 e. The monoisotopic (exact) mass is 227 g/mol. The van der Waals surface area contributed by atoms with E-state index >= 15 is 0 Å². The number of rotatable bonds is 4. The average molecular weight is 228 g/mol. The van der Waals surface area contributed by atoms with Gasteiger partial charge in [0, 0.05) is 13.2 Å². The third-order valence-corrected chi connectivity index (χ3v) is 2.01. The van der Waals surface area contributed by atoms with Crippen LogP contribution in [0.25, 0.3) is 0 Å². The van der Waals surface area contributed by atoms with E-state index in [0.29, 0.717) is 24.0 Å². The average Bonchev–Trinajstić information content (AvgIpc) is 2.23. The molecule has 0 heterocycles. The number of halogens is 1. The van der Waals surface area contributed by atoms with Crippen LogP contribution in [0, 0.1) is 11.3 Å². The summed E-state index contributed by atoms with van der Waals surface area (Å²) >= 11 is 5.83. The minimum atomic E-state index is -0.144. The Morgan fingerprint density at radius 1 is 1.47 bits per heavy atom. The lowest BCUT2D eigenvalue weighted by atomic mass is 10.2. The number of nitrogens with zero attached hydrogens (tertiary/aromatic N) is 1. The predicted molar refractivity (Wildman–Crippen MR) is 55.2 cm³/mol. The fourth-order valence-electron chi connectivity index (χ4n) is 0.978. The van der Waals surface area contributed by atoms with Gasteiger partial charge in [0.1, 0.15) is 24.2 Å². The molecule has 0 spiro atoms. The summed E-state index contributed by atoms with van der Waals surface area (Å²) in [6.07, 6.45) is 0. The molecule has 0 aliphatic rings. The van der Waals surface area contributed by atoms with Crippen molar-refractivity contribution >= 4 is 11.6 Å². The first kappa shape index (κ1) is 11.6. The van der Waals surface area contributed by atoms with E-state index in [0.717, 1.165) is 0 Å². The second-order valence-electron chi connectivity index (χ2n) is 2.75. The summed E-state index contributed by atoms with van der Waals surface area (Å²) in [6.45, 7) is 0.763. The van der Waals surface area contributed by atoms with Crippen molar-refractivity contribution in [2.75, 3.05) is 20.3 Å². The molecule has 1 aromatic rings. The first-order valence-corrected chi connectivity index (χ1v) is 4.61. The molecule has 0 aliphatic heterocycles.